The predicted octanol–water partition coefficient (Wildman–Crippen LogP) is 1.80. The van der Waals surface area contributed by atoms with E-state index in [2.05, 4.69) is 19.2 Å². The highest BCUT2D eigenvalue weighted by atomic mass is 16.5. The number of hydrogen-bond acceptors (Lipinski definition) is 2. The summed E-state index contributed by atoms with van der Waals surface area (Å²) in [5, 5.41) is 3.13. The molecule has 0 aliphatic rings. The lowest BCUT2D eigenvalue weighted by atomic mass is 10.0. The van der Waals surface area contributed by atoms with Crippen molar-refractivity contribution < 1.29 is 4.74 Å². The number of nitrogens with one attached hydrogen (secondary N) is 1. The first-order chi connectivity index (χ1) is 5.12. The molecule has 1 N–H and O–H groups in total. The Morgan fingerprint density at radius 1 is 1.27 bits per heavy atom. The average molecular weight is 159 g/mol. The van der Waals surface area contributed by atoms with Crippen molar-refractivity contribution in [3.8, 4) is 0 Å². The number of hydrogen-bond donors (Lipinski definition) is 1. The third-order valence-corrected chi connectivity index (χ3v) is 2.01. The van der Waals surface area contributed by atoms with Crippen molar-refractivity contribution in [3.05, 3.63) is 0 Å². The van der Waals surface area contributed by atoms with Crippen molar-refractivity contribution in [1.82, 2.24) is 5.32 Å². The monoisotopic (exact) mass is 159 g/mol. The third-order valence-electron chi connectivity index (χ3n) is 2.01. The first-order valence-electron chi connectivity index (χ1n) is 4.32. The van der Waals surface area contributed by atoms with E-state index in [4.69, 9.17) is 4.74 Å². The maximum atomic E-state index is 5.30. The van der Waals surface area contributed by atoms with Crippen LogP contribution < -0.4 is 5.32 Å². The highest BCUT2D eigenvalue weighted by Crippen LogP contribution is 2.15. The van der Waals surface area contributed by atoms with E-state index < -0.39 is 0 Å². The summed E-state index contributed by atoms with van der Waals surface area (Å²) in [6.07, 6.45) is 3.62. The molecule has 0 aromatic heterocycles. The highest BCUT2D eigenvalue weighted by Gasteiger charge is 2.14. The van der Waals surface area contributed by atoms with Crippen LogP contribution >= 0.6 is 0 Å². The summed E-state index contributed by atoms with van der Waals surface area (Å²) in [4.78, 5) is 0. The topological polar surface area (TPSA) is 21.3 Å². The Morgan fingerprint density at radius 3 is 2.36 bits per heavy atom. The molecule has 0 aromatic rings. The van der Waals surface area contributed by atoms with Crippen molar-refractivity contribution >= 4 is 0 Å². The van der Waals surface area contributed by atoms with Crippen molar-refractivity contribution in [1.29, 1.82) is 0 Å². The zero-order valence-corrected chi connectivity index (χ0v) is 8.24. The van der Waals surface area contributed by atoms with Gasteiger partial charge in [0.1, 0.15) is 0 Å². The van der Waals surface area contributed by atoms with Gasteiger partial charge in [0.2, 0.25) is 0 Å². The van der Waals surface area contributed by atoms with Crippen LogP contribution in [-0.2, 0) is 4.74 Å². The van der Waals surface area contributed by atoms with Gasteiger partial charge in [0.05, 0.1) is 5.60 Å². The van der Waals surface area contributed by atoms with Crippen LogP contribution in [0.1, 0.15) is 33.1 Å². The van der Waals surface area contributed by atoms with Crippen LogP contribution in [0, 0.1) is 0 Å². The molecule has 0 heterocycles. The second-order valence-electron chi connectivity index (χ2n) is 3.52. The molecule has 0 aliphatic carbocycles. The van der Waals surface area contributed by atoms with Crippen LogP contribution in [0.15, 0.2) is 0 Å². The van der Waals surface area contributed by atoms with Gasteiger partial charge in [-0.05, 0) is 46.7 Å². The largest absolute Gasteiger partial charge is 0.379 e. The summed E-state index contributed by atoms with van der Waals surface area (Å²) >= 11 is 0. The molecule has 0 unspecified atom stereocenters. The second kappa shape index (κ2) is 5.56. The smallest absolute Gasteiger partial charge is 0.0622 e. The van der Waals surface area contributed by atoms with Gasteiger partial charge in [-0.1, -0.05) is 0 Å². The van der Waals surface area contributed by atoms with Gasteiger partial charge in [-0.15, -0.1) is 0 Å². The zero-order chi connectivity index (χ0) is 8.74. The molecule has 0 aliphatic heterocycles. The minimum absolute atomic E-state index is 0.0632. The average Bonchev–Trinajstić information content (AvgIpc) is 1.99. The standard InChI is InChI=1S/C9H21NO/c1-9(2,11-4)7-5-6-8-10-3/h10H,5-8H2,1-4H3. The Labute approximate surface area is 70.3 Å². The SMILES string of the molecule is CNCCCCC(C)(C)OC. The fraction of sp³-hybridized carbons (Fsp3) is 1.00. The molecule has 0 saturated heterocycles. The number of unbranched alkanes of at least 4 members (excludes halogenated alkanes) is 1. The van der Waals surface area contributed by atoms with E-state index in [1.165, 1.54) is 12.8 Å². The van der Waals surface area contributed by atoms with Crippen molar-refractivity contribution in [2.75, 3.05) is 20.7 Å². The van der Waals surface area contributed by atoms with E-state index in [0.29, 0.717) is 0 Å². The first kappa shape index (κ1) is 10.9. The number of ether oxygens (including phenoxy) is 1. The summed E-state index contributed by atoms with van der Waals surface area (Å²) in [6.45, 7) is 5.37. The fourth-order valence-electron chi connectivity index (χ4n) is 0.955. The lowest BCUT2D eigenvalue weighted by molar-refractivity contribution is 0.0136. The lowest BCUT2D eigenvalue weighted by Gasteiger charge is -2.22. The van der Waals surface area contributed by atoms with E-state index in [-0.39, 0.29) is 5.60 Å². The number of rotatable bonds is 6. The van der Waals surface area contributed by atoms with Gasteiger partial charge < -0.3 is 10.1 Å². The Bertz CT molecular complexity index is 91.6. The Hall–Kier alpha value is -0.0800. The number of methoxy groups -OCH3 is 1. The Kier molecular flexibility index (Phi) is 5.51. The summed E-state index contributed by atoms with van der Waals surface area (Å²) in [5.74, 6) is 0. The fourth-order valence-corrected chi connectivity index (χ4v) is 0.955. The molecule has 0 spiro atoms. The molecule has 68 valence electrons. The Balaban J connectivity index is 3.23. The molecular weight excluding hydrogens is 138 g/mol. The summed E-state index contributed by atoms with van der Waals surface area (Å²) < 4.78 is 5.30. The van der Waals surface area contributed by atoms with Gasteiger partial charge >= 0.3 is 0 Å². The van der Waals surface area contributed by atoms with Crippen LogP contribution in [0.25, 0.3) is 0 Å². The van der Waals surface area contributed by atoms with Crippen molar-refractivity contribution in [2.45, 2.75) is 38.7 Å². The molecule has 0 radical (unpaired) electrons. The van der Waals surface area contributed by atoms with Crippen LogP contribution in [0.3, 0.4) is 0 Å². The van der Waals surface area contributed by atoms with Crippen LogP contribution in [0.4, 0.5) is 0 Å². The van der Waals surface area contributed by atoms with Crippen LogP contribution in [-0.4, -0.2) is 26.3 Å². The van der Waals surface area contributed by atoms with Gasteiger partial charge in [-0.3, -0.25) is 0 Å². The minimum atomic E-state index is 0.0632. The Morgan fingerprint density at radius 2 is 1.91 bits per heavy atom. The third kappa shape index (κ3) is 6.32. The van der Waals surface area contributed by atoms with Gasteiger partial charge in [-0.2, -0.15) is 0 Å². The molecule has 0 aromatic carbocycles. The zero-order valence-electron chi connectivity index (χ0n) is 8.24. The minimum Gasteiger partial charge on any atom is -0.379 e. The maximum absolute atomic E-state index is 5.30. The van der Waals surface area contributed by atoms with Crippen LogP contribution in [0.5, 0.6) is 0 Å². The second-order valence-corrected chi connectivity index (χ2v) is 3.52. The molecule has 11 heavy (non-hydrogen) atoms. The van der Waals surface area contributed by atoms with E-state index in [1.54, 1.807) is 7.11 Å². The normalized spacial score (nSPS) is 12.0. The molecule has 0 saturated carbocycles. The predicted molar refractivity (Wildman–Crippen MR) is 48.9 cm³/mol. The van der Waals surface area contributed by atoms with Gasteiger partial charge in [0, 0.05) is 7.11 Å². The van der Waals surface area contributed by atoms with E-state index in [1.807, 2.05) is 7.05 Å². The highest BCUT2D eigenvalue weighted by molar-refractivity contribution is 4.67. The molecule has 2 heteroatoms. The molecule has 0 fully saturated rings. The van der Waals surface area contributed by atoms with Gasteiger partial charge in [0.25, 0.3) is 0 Å². The van der Waals surface area contributed by atoms with E-state index >= 15 is 0 Å². The van der Waals surface area contributed by atoms with Gasteiger partial charge in [0.15, 0.2) is 0 Å². The molecular formula is C9H21NO. The summed E-state index contributed by atoms with van der Waals surface area (Å²) in [7, 11) is 3.76. The summed E-state index contributed by atoms with van der Waals surface area (Å²) in [6, 6.07) is 0. The van der Waals surface area contributed by atoms with Crippen molar-refractivity contribution in [3.63, 3.8) is 0 Å². The van der Waals surface area contributed by atoms with E-state index in [9.17, 15) is 0 Å². The molecule has 0 bridgehead atoms. The lowest BCUT2D eigenvalue weighted by Crippen LogP contribution is -2.22. The maximum Gasteiger partial charge on any atom is 0.0622 e. The first-order valence-corrected chi connectivity index (χ1v) is 4.32. The molecule has 0 atom stereocenters. The quantitative estimate of drug-likeness (QED) is 0.597. The molecule has 2 nitrogen and oxygen atoms in total. The summed E-state index contributed by atoms with van der Waals surface area (Å²) in [5.41, 5.74) is 0.0632. The van der Waals surface area contributed by atoms with Gasteiger partial charge in [-0.25, -0.2) is 0 Å². The molecule has 0 amide bonds. The molecule has 0 rings (SSSR count). The van der Waals surface area contributed by atoms with E-state index in [0.717, 1.165) is 13.0 Å². The van der Waals surface area contributed by atoms with Crippen LogP contribution in [0.2, 0.25) is 0 Å². The van der Waals surface area contributed by atoms with Crippen molar-refractivity contribution in [2.24, 2.45) is 0 Å².